The number of carbonyl (C=O) groups excluding carboxylic acids is 1. The van der Waals surface area contributed by atoms with Gasteiger partial charge in [-0.1, -0.05) is 33.3 Å². The molecule has 0 saturated heterocycles. The van der Waals surface area contributed by atoms with E-state index in [2.05, 4.69) is 25.7 Å². The highest BCUT2D eigenvalue weighted by Gasteiger charge is 2.19. The summed E-state index contributed by atoms with van der Waals surface area (Å²) >= 11 is 0. The molecule has 1 N–H and O–H groups in total. The van der Waals surface area contributed by atoms with Crippen LogP contribution in [0.1, 0.15) is 41.0 Å². The second kappa shape index (κ2) is 5.18. The maximum absolute atomic E-state index is 11.3. The monoisotopic (exact) mass is 197 g/mol. The van der Waals surface area contributed by atoms with Gasteiger partial charge >= 0.3 is 0 Å². The molecule has 2 heteroatoms. The van der Waals surface area contributed by atoms with E-state index >= 15 is 0 Å². The maximum Gasteiger partial charge on any atom is 0.222 e. The average molecular weight is 197 g/mol. The molecule has 0 rings (SSSR count). The molecule has 0 aromatic rings. The Morgan fingerprint density at radius 2 is 1.93 bits per heavy atom. The summed E-state index contributed by atoms with van der Waals surface area (Å²) in [5.74, 6) is 0.190. The summed E-state index contributed by atoms with van der Waals surface area (Å²) in [7, 11) is 0. The maximum atomic E-state index is 11.3. The first-order valence-corrected chi connectivity index (χ1v) is 5.17. The van der Waals surface area contributed by atoms with Crippen molar-refractivity contribution in [2.75, 3.05) is 6.54 Å². The molecule has 0 atom stereocenters. The fourth-order valence-corrected chi connectivity index (χ4v) is 1.41. The van der Waals surface area contributed by atoms with Crippen molar-refractivity contribution in [3.05, 3.63) is 12.2 Å². The van der Waals surface area contributed by atoms with Gasteiger partial charge in [0, 0.05) is 12.5 Å². The van der Waals surface area contributed by atoms with Crippen LogP contribution in [0, 0.1) is 11.3 Å². The number of nitrogens with one attached hydrogen (secondary N) is 1. The van der Waals surface area contributed by atoms with E-state index in [1.54, 1.807) is 0 Å². The first-order valence-electron chi connectivity index (χ1n) is 5.17. The van der Waals surface area contributed by atoms with Crippen molar-refractivity contribution in [2.24, 2.45) is 11.3 Å². The predicted octanol–water partition coefficient (Wildman–Crippen LogP) is 2.75. The molecule has 1 amide bonds. The van der Waals surface area contributed by atoms with Crippen LogP contribution in [0.3, 0.4) is 0 Å². The Hall–Kier alpha value is -0.790. The van der Waals surface area contributed by atoms with Crippen molar-refractivity contribution in [3.63, 3.8) is 0 Å². The van der Waals surface area contributed by atoms with Gasteiger partial charge in [-0.05, 0) is 18.8 Å². The number of hydrogen-bond donors (Lipinski definition) is 1. The fraction of sp³-hybridized carbons (Fsp3) is 0.750. The highest BCUT2D eigenvalue weighted by atomic mass is 16.1. The summed E-state index contributed by atoms with van der Waals surface area (Å²) in [6, 6.07) is 0. The number of allylic oxidation sites excluding steroid dienone is 1. The van der Waals surface area contributed by atoms with Crippen LogP contribution >= 0.6 is 0 Å². The molecule has 2 nitrogen and oxygen atoms in total. The molecular weight excluding hydrogens is 174 g/mol. The zero-order chi connectivity index (χ0) is 11.4. The van der Waals surface area contributed by atoms with E-state index in [9.17, 15) is 4.79 Å². The molecular formula is C12H23NO. The van der Waals surface area contributed by atoms with Gasteiger partial charge in [-0.3, -0.25) is 4.79 Å². The minimum atomic E-state index is 0.0654. The Bertz CT molecular complexity index is 216. The summed E-state index contributed by atoms with van der Waals surface area (Å²) in [6.07, 6.45) is 0.950. The molecule has 0 aromatic carbocycles. The summed E-state index contributed by atoms with van der Waals surface area (Å²) in [5, 5.41) is 2.95. The molecule has 0 aliphatic carbocycles. The SMILES string of the molecule is C=C(C)CC(C)(C)CNC(=O)C(C)C. The normalized spacial score (nSPS) is 11.6. The lowest BCUT2D eigenvalue weighted by molar-refractivity contribution is -0.124. The Kier molecular flexibility index (Phi) is 4.89. The largest absolute Gasteiger partial charge is 0.355 e. The summed E-state index contributed by atoms with van der Waals surface area (Å²) in [4.78, 5) is 11.3. The molecule has 0 aliphatic heterocycles. The van der Waals surface area contributed by atoms with Crippen LogP contribution in [-0.2, 0) is 4.79 Å². The predicted molar refractivity (Wildman–Crippen MR) is 61.1 cm³/mol. The van der Waals surface area contributed by atoms with Gasteiger partial charge in [-0.25, -0.2) is 0 Å². The minimum absolute atomic E-state index is 0.0654. The van der Waals surface area contributed by atoms with Gasteiger partial charge < -0.3 is 5.32 Å². The summed E-state index contributed by atoms with van der Waals surface area (Å²) < 4.78 is 0. The quantitative estimate of drug-likeness (QED) is 0.675. The zero-order valence-electron chi connectivity index (χ0n) is 10.1. The molecule has 0 aliphatic rings. The third-order valence-electron chi connectivity index (χ3n) is 2.05. The van der Waals surface area contributed by atoms with Gasteiger partial charge in [0.1, 0.15) is 0 Å². The number of carbonyl (C=O) groups is 1. The van der Waals surface area contributed by atoms with E-state index in [0.29, 0.717) is 0 Å². The highest BCUT2D eigenvalue weighted by Crippen LogP contribution is 2.23. The zero-order valence-corrected chi connectivity index (χ0v) is 10.1. The van der Waals surface area contributed by atoms with Crippen molar-refractivity contribution >= 4 is 5.91 Å². The summed E-state index contributed by atoms with van der Waals surface area (Å²) in [6.45, 7) is 14.7. The van der Waals surface area contributed by atoms with Crippen LogP contribution < -0.4 is 5.32 Å². The van der Waals surface area contributed by atoms with Crippen molar-refractivity contribution < 1.29 is 4.79 Å². The topological polar surface area (TPSA) is 29.1 Å². The fourth-order valence-electron chi connectivity index (χ4n) is 1.41. The van der Waals surface area contributed by atoms with E-state index in [0.717, 1.165) is 18.5 Å². The second-order valence-corrected chi connectivity index (χ2v) is 5.17. The second-order valence-electron chi connectivity index (χ2n) is 5.17. The Balaban J connectivity index is 3.98. The van der Waals surface area contributed by atoms with Gasteiger partial charge in [0.2, 0.25) is 5.91 Å². The number of amides is 1. The minimum Gasteiger partial charge on any atom is -0.355 e. The Morgan fingerprint density at radius 3 is 2.29 bits per heavy atom. The molecule has 0 aromatic heterocycles. The van der Waals surface area contributed by atoms with E-state index < -0.39 is 0 Å². The van der Waals surface area contributed by atoms with Crippen molar-refractivity contribution in [2.45, 2.75) is 41.0 Å². The first-order chi connectivity index (χ1) is 6.24. The van der Waals surface area contributed by atoms with E-state index in [1.807, 2.05) is 20.8 Å². The van der Waals surface area contributed by atoms with Crippen LogP contribution in [0.4, 0.5) is 0 Å². The van der Waals surface area contributed by atoms with Gasteiger partial charge in [-0.2, -0.15) is 0 Å². The van der Waals surface area contributed by atoms with Crippen molar-refractivity contribution in [1.82, 2.24) is 5.32 Å². The molecule has 0 heterocycles. The number of rotatable bonds is 5. The van der Waals surface area contributed by atoms with Crippen LogP contribution in [0.15, 0.2) is 12.2 Å². The number of hydrogen-bond acceptors (Lipinski definition) is 1. The van der Waals surface area contributed by atoms with Crippen molar-refractivity contribution in [3.8, 4) is 0 Å². The van der Waals surface area contributed by atoms with E-state index in [-0.39, 0.29) is 17.2 Å². The van der Waals surface area contributed by atoms with Crippen LogP contribution in [0.5, 0.6) is 0 Å². The van der Waals surface area contributed by atoms with Gasteiger partial charge in [-0.15, -0.1) is 6.58 Å². The van der Waals surface area contributed by atoms with Crippen LogP contribution in [-0.4, -0.2) is 12.5 Å². The Morgan fingerprint density at radius 1 is 1.43 bits per heavy atom. The molecule has 0 radical (unpaired) electrons. The van der Waals surface area contributed by atoms with Gasteiger partial charge in [0.05, 0.1) is 0 Å². The third kappa shape index (κ3) is 5.79. The van der Waals surface area contributed by atoms with Crippen molar-refractivity contribution in [1.29, 1.82) is 0 Å². The molecule has 0 bridgehead atoms. The van der Waals surface area contributed by atoms with Gasteiger partial charge in [0.25, 0.3) is 0 Å². The molecule has 0 fully saturated rings. The first kappa shape index (κ1) is 13.2. The summed E-state index contributed by atoms with van der Waals surface area (Å²) in [5.41, 5.74) is 1.27. The average Bonchev–Trinajstić information content (AvgIpc) is 1.97. The molecule has 0 saturated carbocycles. The Labute approximate surface area is 87.8 Å². The molecule has 0 unspecified atom stereocenters. The molecule has 14 heavy (non-hydrogen) atoms. The van der Waals surface area contributed by atoms with E-state index in [4.69, 9.17) is 0 Å². The van der Waals surface area contributed by atoms with Crippen LogP contribution in [0.2, 0.25) is 0 Å². The lowest BCUT2D eigenvalue weighted by Crippen LogP contribution is -2.36. The van der Waals surface area contributed by atoms with E-state index in [1.165, 1.54) is 0 Å². The van der Waals surface area contributed by atoms with Crippen LogP contribution in [0.25, 0.3) is 0 Å². The third-order valence-corrected chi connectivity index (χ3v) is 2.05. The standard InChI is InChI=1S/C12H23NO/c1-9(2)7-12(5,6)8-13-11(14)10(3)4/h10H,1,7-8H2,2-6H3,(H,13,14). The lowest BCUT2D eigenvalue weighted by Gasteiger charge is -2.25. The van der Waals surface area contributed by atoms with Gasteiger partial charge in [0.15, 0.2) is 0 Å². The smallest absolute Gasteiger partial charge is 0.222 e. The lowest BCUT2D eigenvalue weighted by atomic mass is 9.86. The molecule has 82 valence electrons. The molecule has 0 spiro atoms. The highest BCUT2D eigenvalue weighted by molar-refractivity contribution is 5.77.